The first kappa shape index (κ1) is 17.9. The van der Waals surface area contributed by atoms with Gasteiger partial charge in [-0.25, -0.2) is 0 Å². The molecule has 0 fully saturated rings. The van der Waals surface area contributed by atoms with Crippen molar-refractivity contribution in [1.29, 1.82) is 0 Å². The van der Waals surface area contributed by atoms with Crippen molar-refractivity contribution >= 4 is 11.9 Å². The molecule has 0 radical (unpaired) electrons. The zero-order chi connectivity index (χ0) is 14.3. The van der Waals surface area contributed by atoms with E-state index in [9.17, 15) is 9.59 Å². The Morgan fingerprint density at radius 2 is 1.26 bits per heavy atom. The Labute approximate surface area is 116 Å². The number of hydrogen-bond acceptors (Lipinski definition) is 5. The highest BCUT2D eigenvalue weighted by Gasteiger charge is 2.04. The normalized spacial score (nSPS) is 10.2. The average Bonchev–Trinajstić information content (AvgIpc) is 2.39. The molecule has 0 heterocycles. The van der Waals surface area contributed by atoms with Crippen molar-refractivity contribution in [1.82, 2.24) is 5.32 Å². The van der Waals surface area contributed by atoms with Crippen LogP contribution in [0.4, 0.5) is 0 Å². The number of nitrogens with one attached hydrogen (secondary N) is 1. The van der Waals surface area contributed by atoms with E-state index in [1.807, 2.05) is 0 Å². The molecule has 0 saturated heterocycles. The third kappa shape index (κ3) is 13.1. The Balaban J connectivity index is 3.29. The molecule has 5 heteroatoms. The summed E-state index contributed by atoms with van der Waals surface area (Å²) in [5.41, 5.74) is 0. The maximum atomic E-state index is 11.2. The standard InChI is InChI=1S/C14H27NO4/c1-3-5-11-18-13(16)7-9-15-10-8-14(17)19-12-6-4-2/h15H,3-12H2,1-2H3. The Kier molecular flexibility index (Phi) is 12.6. The number of rotatable bonds is 12. The Morgan fingerprint density at radius 3 is 1.63 bits per heavy atom. The predicted octanol–water partition coefficient (Wildman–Crippen LogP) is 2.04. The summed E-state index contributed by atoms with van der Waals surface area (Å²) in [6.45, 7) is 6.17. The Hall–Kier alpha value is -1.10. The molecular formula is C14H27NO4. The van der Waals surface area contributed by atoms with Crippen LogP contribution in [0, 0.1) is 0 Å². The summed E-state index contributed by atoms with van der Waals surface area (Å²) in [6, 6.07) is 0. The first-order valence-electron chi connectivity index (χ1n) is 7.22. The molecule has 5 nitrogen and oxygen atoms in total. The van der Waals surface area contributed by atoms with Crippen LogP contribution >= 0.6 is 0 Å². The summed E-state index contributed by atoms with van der Waals surface area (Å²) in [5, 5.41) is 3.03. The van der Waals surface area contributed by atoms with Crippen LogP contribution in [0.1, 0.15) is 52.4 Å². The van der Waals surface area contributed by atoms with Crippen molar-refractivity contribution in [2.45, 2.75) is 52.4 Å². The lowest BCUT2D eigenvalue weighted by molar-refractivity contribution is -0.144. The minimum Gasteiger partial charge on any atom is -0.466 e. The van der Waals surface area contributed by atoms with E-state index in [4.69, 9.17) is 9.47 Å². The first-order valence-corrected chi connectivity index (χ1v) is 7.22. The molecule has 0 spiro atoms. The molecule has 0 bridgehead atoms. The van der Waals surface area contributed by atoms with Crippen LogP contribution in [0.3, 0.4) is 0 Å². The van der Waals surface area contributed by atoms with Crippen LogP contribution in [0.25, 0.3) is 0 Å². The maximum Gasteiger partial charge on any atom is 0.307 e. The van der Waals surface area contributed by atoms with E-state index in [1.54, 1.807) is 0 Å². The fourth-order valence-electron chi connectivity index (χ4n) is 1.31. The SMILES string of the molecule is CCCCOC(=O)CCNCCC(=O)OCCCC. The molecule has 0 aromatic heterocycles. The first-order chi connectivity index (χ1) is 9.20. The van der Waals surface area contributed by atoms with Crippen LogP contribution in [0.15, 0.2) is 0 Å². The molecule has 0 amide bonds. The van der Waals surface area contributed by atoms with E-state index in [-0.39, 0.29) is 11.9 Å². The van der Waals surface area contributed by atoms with E-state index in [2.05, 4.69) is 19.2 Å². The molecular weight excluding hydrogens is 246 g/mol. The molecule has 19 heavy (non-hydrogen) atoms. The summed E-state index contributed by atoms with van der Waals surface area (Å²) in [4.78, 5) is 22.5. The average molecular weight is 273 g/mol. The third-order valence-corrected chi connectivity index (χ3v) is 2.53. The minimum atomic E-state index is -0.188. The lowest BCUT2D eigenvalue weighted by atomic mass is 10.3. The molecule has 0 aliphatic heterocycles. The second-order valence-corrected chi connectivity index (χ2v) is 4.40. The fraction of sp³-hybridized carbons (Fsp3) is 0.857. The number of hydrogen-bond donors (Lipinski definition) is 1. The molecule has 0 atom stereocenters. The maximum absolute atomic E-state index is 11.2. The van der Waals surface area contributed by atoms with E-state index in [1.165, 1.54) is 0 Å². The van der Waals surface area contributed by atoms with Gasteiger partial charge in [0.05, 0.1) is 26.1 Å². The van der Waals surface area contributed by atoms with Gasteiger partial charge in [0.25, 0.3) is 0 Å². The largest absolute Gasteiger partial charge is 0.466 e. The molecule has 0 aliphatic rings. The summed E-state index contributed by atoms with van der Waals surface area (Å²) < 4.78 is 10.0. The van der Waals surface area contributed by atoms with Crippen LogP contribution in [0.5, 0.6) is 0 Å². The van der Waals surface area contributed by atoms with Gasteiger partial charge in [-0.15, -0.1) is 0 Å². The van der Waals surface area contributed by atoms with Gasteiger partial charge in [0, 0.05) is 13.1 Å². The smallest absolute Gasteiger partial charge is 0.307 e. The van der Waals surface area contributed by atoms with E-state index >= 15 is 0 Å². The number of unbranched alkanes of at least 4 members (excludes halogenated alkanes) is 2. The second-order valence-electron chi connectivity index (χ2n) is 4.40. The second kappa shape index (κ2) is 13.3. The zero-order valence-electron chi connectivity index (χ0n) is 12.2. The molecule has 0 rings (SSSR count). The van der Waals surface area contributed by atoms with E-state index < -0.39 is 0 Å². The lowest BCUT2D eigenvalue weighted by Gasteiger charge is -2.06. The van der Waals surface area contributed by atoms with E-state index in [0.29, 0.717) is 39.1 Å². The Bertz CT molecular complexity index is 220. The number of carbonyl (C=O) groups excluding carboxylic acids is 2. The van der Waals surface area contributed by atoms with Gasteiger partial charge < -0.3 is 14.8 Å². The fourth-order valence-corrected chi connectivity index (χ4v) is 1.31. The summed E-state index contributed by atoms with van der Waals surface area (Å²) >= 11 is 0. The van der Waals surface area contributed by atoms with Gasteiger partial charge in [-0.1, -0.05) is 26.7 Å². The summed E-state index contributed by atoms with van der Waals surface area (Å²) in [5.74, 6) is -0.377. The Morgan fingerprint density at radius 1 is 0.842 bits per heavy atom. The monoisotopic (exact) mass is 273 g/mol. The number of carbonyl (C=O) groups is 2. The zero-order valence-corrected chi connectivity index (χ0v) is 12.2. The van der Waals surface area contributed by atoms with Gasteiger partial charge in [-0.05, 0) is 12.8 Å². The van der Waals surface area contributed by atoms with Gasteiger partial charge >= 0.3 is 11.9 Å². The highest BCUT2D eigenvalue weighted by Crippen LogP contribution is 1.93. The third-order valence-electron chi connectivity index (χ3n) is 2.53. The highest BCUT2D eigenvalue weighted by atomic mass is 16.5. The highest BCUT2D eigenvalue weighted by molar-refractivity contribution is 5.70. The number of esters is 2. The van der Waals surface area contributed by atoms with Gasteiger partial charge in [0.1, 0.15) is 0 Å². The lowest BCUT2D eigenvalue weighted by Crippen LogP contribution is -2.23. The molecule has 112 valence electrons. The van der Waals surface area contributed by atoms with Crippen molar-refractivity contribution < 1.29 is 19.1 Å². The quantitative estimate of drug-likeness (QED) is 0.435. The van der Waals surface area contributed by atoms with Crippen molar-refractivity contribution in [2.24, 2.45) is 0 Å². The van der Waals surface area contributed by atoms with Gasteiger partial charge in [-0.3, -0.25) is 9.59 Å². The van der Waals surface area contributed by atoms with Crippen LogP contribution in [-0.2, 0) is 19.1 Å². The molecule has 0 aliphatic carbocycles. The minimum absolute atomic E-state index is 0.188. The summed E-state index contributed by atoms with van der Waals surface area (Å²) in [7, 11) is 0. The van der Waals surface area contributed by atoms with E-state index in [0.717, 1.165) is 25.7 Å². The number of ether oxygens (including phenoxy) is 2. The van der Waals surface area contributed by atoms with Crippen molar-refractivity contribution in [3.05, 3.63) is 0 Å². The van der Waals surface area contributed by atoms with Crippen molar-refractivity contribution in [3.63, 3.8) is 0 Å². The van der Waals surface area contributed by atoms with Gasteiger partial charge in [0.15, 0.2) is 0 Å². The van der Waals surface area contributed by atoms with Gasteiger partial charge in [0.2, 0.25) is 0 Å². The predicted molar refractivity (Wildman–Crippen MR) is 73.8 cm³/mol. The summed E-state index contributed by atoms with van der Waals surface area (Å²) in [6.07, 6.45) is 4.53. The van der Waals surface area contributed by atoms with Crippen molar-refractivity contribution in [3.8, 4) is 0 Å². The molecule has 0 aromatic carbocycles. The van der Waals surface area contributed by atoms with Crippen LogP contribution < -0.4 is 5.32 Å². The molecule has 0 unspecified atom stereocenters. The molecule has 1 N–H and O–H groups in total. The molecule has 0 aromatic rings. The van der Waals surface area contributed by atoms with Crippen LogP contribution in [0.2, 0.25) is 0 Å². The van der Waals surface area contributed by atoms with Crippen molar-refractivity contribution in [2.75, 3.05) is 26.3 Å². The molecule has 0 saturated carbocycles. The topological polar surface area (TPSA) is 64.6 Å². The van der Waals surface area contributed by atoms with Gasteiger partial charge in [-0.2, -0.15) is 0 Å². The van der Waals surface area contributed by atoms with Crippen LogP contribution in [-0.4, -0.2) is 38.2 Å².